The van der Waals surface area contributed by atoms with E-state index in [1.807, 2.05) is 6.08 Å². The molecule has 3 nitrogen and oxygen atoms in total. The fraction of sp³-hybridized carbons (Fsp3) is 0.519. The van der Waals surface area contributed by atoms with E-state index >= 15 is 0 Å². The van der Waals surface area contributed by atoms with Gasteiger partial charge in [0.1, 0.15) is 11.5 Å². The van der Waals surface area contributed by atoms with Gasteiger partial charge in [0.25, 0.3) is 0 Å². The molecule has 0 heterocycles. The summed E-state index contributed by atoms with van der Waals surface area (Å²) in [6.07, 6.45) is 2.04. The molecule has 162 valence electrons. The number of carbonyl (C=O) groups excluding carboxylic acids is 1. The van der Waals surface area contributed by atoms with Gasteiger partial charge in [-0.15, -0.1) is 0 Å². The smallest absolute Gasteiger partial charge is 0.193 e. The van der Waals surface area contributed by atoms with Gasteiger partial charge in [-0.05, 0) is 39.8 Å². The third-order valence-corrected chi connectivity index (χ3v) is 5.96. The molecule has 0 bridgehead atoms. The van der Waals surface area contributed by atoms with E-state index < -0.39 is 0 Å². The van der Waals surface area contributed by atoms with Crippen molar-refractivity contribution in [3.8, 4) is 11.5 Å². The number of methoxy groups -OCH3 is 2. The van der Waals surface area contributed by atoms with Crippen molar-refractivity contribution < 1.29 is 14.3 Å². The highest BCUT2D eigenvalue weighted by Gasteiger charge is 2.37. The van der Waals surface area contributed by atoms with Crippen LogP contribution in [0.4, 0.5) is 0 Å². The molecule has 0 aromatic heterocycles. The molecule has 0 atom stereocenters. The first-order chi connectivity index (χ1) is 13.6. The molecule has 0 saturated carbocycles. The average molecular weight is 409 g/mol. The molecule has 0 N–H and O–H groups in total. The molecule has 2 aromatic carbocycles. The number of ketones is 1. The Hall–Kier alpha value is -2.29. The van der Waals surface area contributed by atoms with Crippen LogP contribution < -0.4 is 9.47 Å². The predicted molar refractivity (Wildman–Crippen MR) is 126 cm³/mol. The normalized spacial score (nSPS) is 14.8. The summed E-state index contributed by atoms with van der Waals surface area (Å²) in [7, 11) is 3.38. The van der Waals surface area contributed by atoms with E-state index in [1.54, 1.807) is 14.2 Å². The zero-order chi connectivity index (χ0) is 22.8. The summed E-state index contributed by atoms with van der Waals surface area (Å²) < 4.78 is 11.9. The maximum absolute atomic E-state index is 13.8. The number of rotatable bonds is 2. The molecule has 0 spiro atoms. The van der Waals surface area contributed by atoms with Crippen LogP contribution in [-0.4, -0.2) is 20.0 Å². The lowest BCUT2D eigenvalue weighted by Gasteiger charge is -2.33. The Morgan fingerprint density at radius 1 is 0.700 bits per heavy atom. The molecule has 3 rings (SSSR count). The molecule has 0 saturated heterocycles. The third kappa shape index (κ3) is 3.42. The van der Waals surface area contributed by atoms with Crippen LogP contribution in [0.1, 0.15) is 89.4 Å². The molecule has 3 heteroatoms. The minimum absolute atomic E-state index is 0.0495. The summed E-state index contributed by atoms with van der Waals surface area (Å²) in [4.78, 5) is 13.8. The predicted octanol–water partition coefficient (Wildman–Crippen LogP) is 7.08. The van der Waals surface area contributed by atoms with Gasteiger partial charge >= 0.3 is 0 Å². The van der Waals surface area contributed by atoms with Gasteiger partial charge in [0.15, 0.2) is 5.78 Å². The van der Waals surface area contributed by atoms with Gasteiger partial charge in [-0.3, -0.25) is 4.79 Å². The van der Waals surface area contributed by atoms with Gasteiger partial charge < -0.3 is 9.47 Å². The van der Waals surface area contributed by atoms with Gasteiger partial charge in [-0.2, -0.15) is 0 Å². The van der Waals surface area contributed by atoms with E-state index in [1.165, 1.54) is 0 Å². The number of allylic oxidation sites excluding steroid dienone is 1. The minimum atomic E-state index is -0.299. The van der Waals surface area contributed by atoms with E-state index in [9.17, 15) is 4.79 Å². The second-order valence-corrected chi connectivity index (χ2v) is 11.4. The van der Waals surface area contributed by atoms with Crippen molar-refractivity contribution in [3.63, 3.8) is 0 Å². The highest BCUT2D eigenvalue weighted by atomic mass is 16.5. The Kier molecular flexibility index (Phi) is 5.13. The molecule has 1 aliphatic carbocycles. The van der Waals surface area contributed by atoms with Crippen molar-refractivity contribution in [1.82, 2.24) is 0 Å². The second kappa shape index (κ2) is 6.87. The topological polar surface area (TPSA) is 35.5 Å². The lowest BCUT2D eigenvalue weighted by Crippen LogP contribution is -2.24. The Bertz CT molecular complexity index is 1060. The second-order valence-electron chi connectivity index (χ2n) is 11.4. The molecular formula is C27H36O3. The molecule has 2 aromatic rings. The lowest BCUT2D eigenvalue weighted by atomic mass is 9.72. The van der Waals surface area contributed by atoms with Crippen LogP contribution in [0.15, 0.2) is 17.7 Å². The summed E-state index contributed by atoms with van der Waals surface area (Å²) in [5, 5.41) is 2.00. The van der Waals surface area contributed by atoms with Crippen molar-refractivity contribution >= 4 is 22.6 Å². The Morgan fingerprint density at radius 2 is 1.17 bits per heavy atom. The molecule has 1 aliphatic rings. The van der Waals surface area contributed by atoms with Crippen LogP contribution >= 0.6 is 0 Å². The van der Waals surface area contributed by atoms with Gasteiger partial charge in [0.05, 0.1) is 19.8 Å². The summed E-state index contributed by atoms with van der Waals surface area (Å²) >= 11 is 0. The number of Topliss-reactive ketones (excluding diaryl/α,β-unsaturated/α-hetero) is 1. The molecule has 0 radical (unpaired) electrons. The number of carbonyl (C=O) groups is 1. The van der Waals surface area contributed by atoms with E-state index in [0.717, 1.165) is 38.8 Å². The first kappa shape index (κ1) is 22.4. The zero-order valence-corrected chi connectivity index (χ0v) is 20.5. The Labute approximate surface area is 181 Å². The van der Waals surface area contributed by atoms with E-state index in [-0.39, 0.29) is 22.0 Å². The largest absolute Gasteiger partial charge is 0.496 e. The van der Waals surface area contributed by atoms with E-state index in [2.05, 4.69) is 74.4 Å². The maximum atomic E-state index is 13.8. The first-order valence-corrected chi connectivity index (χ1v) is 10.7. The summed E-state index contributed by atoms with van der Waals surface area (Å²) in [5.41, 5.74) is 4.06. The van der Waals surface area contributed by atoms with Crippen molar-refractivity contribution in [2.24, 2.45) is 5.41 Å². The van der Waals surface area contributed by atoms with Gasteiger partial charge in [-0.25, -0.2) is 0 Å². The summed E-state index contributed by atoms with van der Waals surface area (Å²) in [5.74, 6) is 1.58. The molecule has 30 heavy (non-hydrogen) atoms. The maximum Gasteiger partial charge on any atom is 0.193 e. The van der Waals surface area contributed by atoms with Crippen molar-refractivity contribution in [2.45, 2.75) is 73.1 Å². The molecule has 0 unspecified atom stereocenters. The van der Waals surface area contributed by atoms with Crippen LogP contribution in [0.25, 0.3) is 16.8 Å². The van der Waals surface area contributed by atoms with Gasteiger partial charge in [0, 0.05) is 27.6 Å². The van der Waals surface area contributed by atoms with Crippen LogP contribution in [0.5, 0.6) is 11.5 Å². The van der Waals surface area contributed by atoms with E-state index in [0.29, 0.717) is 11.3 Å². The fourth-order valence-corrected chi connectivity index (χ4v) is 4.37. The number of ether oxygens (including phenoxy) is 2. The highest BCUT2D eigenvalue weighted by Crippen LogP contribution is 2.50. The van der Waals surface area contributed by atoms with Crippen LogP contribution in [-0.2, 0) is 10.8 Å². The average Bonchev–Trinajstić information content (AvgIpc) is 2.60. The van der Waals surface area contributed by atoms with Gasteiger partial charge in [-0.1, -0.05) is 62.3 Å². The van der Waals surface area contributed by atoms with Crippen molar-refractivity contribution in [1.29, 1.82) is 0 Å². The summed E-state index contributed by atoms with van der Waals surface area (Å²) in [6, 6.07) is 4.39. The summed E-state index contributed by atoms with van der Waals surface area (Å²) in [6.45, 7) is 19.3. The number of hydrogen-bond acceptors (Lipinski definition) is 3. The molecule has 0 aliphatic heterocycles. The zero-order valence-electron chi connectivity index (χ0n) is 20.5. The minimum Gasteiger partial charge on any atom is -0.496 e. The standard InChI is InChI=1S/C27H36O3/c1-25(2,3)17-14-16-20-15(12-18(23(16)29-10)26(4,5)6)13-19(27(7,8)9)24(30-11)21(20)22(17)28/h12-14H,1-11H3. The number of benzene rings is 2. The monoisotopic (exact) mass is 408 g/mol. The highest BCUT2D eigenvalue weighted by molar-refractivity contribution is 6.26. The molecule has 0 fully saturated rings. The van der Waals surface area contributed by atoms with Crippen LogP contribution in [0.3, 0.4) is 0 Å². The van der Waals surface area contributed by atoms with Crippen molar-refractivity contribution in [2.75, 3.05) is 14.2 Å². The molecule has 0 amide bonds. The van der Waals surface area contributed by atoms with Gasteiger partial charge in [0.2, 0.25) is 0 Å². The Morgan fingerprint density at radius 3 is 1.57 bits per heavy atom. The van der Waals surface area contributed by atoms with Crippen molar-refractivity contribution in [3.05, 3.63) is 40.0 Å². The van der Waals surface area contributed by atoms with E-state index in [4.69, 9.17) is 9.47 Å². The van der Waals surface area contributed by atoms with Crippen LogP contribution in [0.2, 0.25) is 0 Å². The van der Waals surface area contributed by atoms with Crippen LogP contribution in [0, 0.1) is 5.41 Å². The lowest BCUT2D eigenvalue weighted by molar-refractivity contribution is 0.101. The molecular weight excluding hydrogens is 372 g/mol. The number of hydrogen-bond donors (Lipinski definition) is 0. The SMILES string of the molecule is COc1c(C(C)(C)C)cc2cc(C(C)(C)C)c(OC)c3c2c1C=C(C(C)(C)C)C3=O. The first-order valence-electron chi connectivity index (χ1n) is 10.7. The Balaban J connectivity index is 2.65. The quantitative estimate of drug-likeness (QED) is 0.533. The fourth-order valence-electron chi connectivity index (χ4n) is 4.37. The third-order valence-electron chi connectivity index (χ3n) is 5.96.